The Hall–Kier alpha value is -1.36. The Morgan fingerprint density at radius 3 is 2.68 bits per heavy atom. The van der Waals surface area contributed by atoms with Gasteiger partial charge in [-0.2, -0.15) is 11.8 Å². The summed E-state index contributed by atoms with van der Waals surface area (Å²) >= 11 is 1.83. The Bertz CT molecular complexity index is 437. The predicted octanol–water partition coefficient (Wildman–Crippen LogP) is 2.21. The minimum atomic E-state index is -0.114. The molecule has 1 aromatic carbocycles. The zero-order valence-corrected chi connectivity index (χ0v) is 12.9. The number of hydrogen-bond acceptors (Lipinski definition) is 4. The summed E-state index contributed by atoms with van der Waals surface area (Å²) in [6, 6.07) is 5.91. The third-order valence-corrected chi connectivity index (χ3v) is 3.99. The third kappa shape index (κ3) is 3.80. The van der Waals surface area contributed by atoms with E-state index in [0.717, 1.165) is 17.9 Å². The molecule has 0 fully saturated rings. The molecule has 0 spiro atoms. The van der Waals surface area contributed by atoms with Gasteiger partial charge in [0, 0.05) is 31.5 Å². The van der Waals surface area contributed by atoms with Crippen molar-refractivity contribution in [3.63, 3.8) is 0 Å². The number of nitrogens with zero attached hydrogens (tertiary/aromatic N) is 1. The molecule has 4 nitrogen and oxygen atoms in total. The Morgan fingerprint density at radius 1 is 1.53 bits per heavy atom. The van der Waals surface area contributed by atoms with Gasteiger partial charge >= 0.3 is 0 Å². The SMILES string of the molecule is CCC(CSC)N(C)c1ccc(C(=O)NC)cc1N. The van der Waals surface area contributed by atoms with Gasteiger partial charge < -0.3 is 16.0 Å². The van der Waals surface area contributed by atoms with E-state index in [1.54, 1.807) is 13.1 Å². The van der Waals surface area contributed by atoms with Gasteiger partial charge in [0.25, 0.3) is 5.91 Å². The molecule has 0 saturated carbocycles. The van der Waals surface area contributed by atoms with Crippen LogP contribution < -0.4 is 16.0 Å². The van der Waals surface area contributed by atoms with E-state index in [9.17, 15) is 4.79 Å². The predicted molar refractivity (Wildman–Crippen MR) is 85.1 cm³/mol. The van der Waals surface area contributed by atoms with Gasteiger partial charge in [0.05, 0.1) is 11.4 Å². The largest absolute Gasteiger partial charge is 0.397 e. The molecule has 0 saturated heterocycles. The highest BCUT2D eigenvalue weighted by Crippen LogP contribution is 2.26. The summed E-state index contributed by atoms with van der Waals surface area (Å²) in [4.78, 5) is 13.7. The first-order valence-electron chi connectivity index (χ1n) is 6.38. The molecule has 0 aliphatic carbocycles. The molecule has 1 aromatic rings. The van der Waals surface area contributed by atoms with Gasteiger partial charge in [0.2, 0.25) is 0 Å². The van der Waals surface area contributed by atoms with E-state index in [4.69, 9.17) is 5.73 Å². The number of rotatable bonds is 6. The summed E-state index contributed by atoms with van der Waals surface area (Å²) in [6.07, 6.45) is 3.17. The molecule has 3 N–H and O–H groups in total. The van der Waals surface area contributed by atoms with Crippen LogP contribution in [0.4, 0.5) is 11.4 Å². The summed E-state index contributed by atoms with van der Waals surface area (Å²) in [6.45, 7) is 2.17. The second-order valence-electron chi connectivity index (χ2n) is 4.48. The fraction of sp³-hybridized carbons (Fsp3) is 0.500. The topological polar surface area (TPSA) is 58.4 Å². The number of nitrogens with one attached hydrogen (secondary N) is 1. The number of nitrogens with two attached hydrogens (primary N) is 1. The molecule has 0 aliphatic rings. The normalized spacial score (nSPS) is 12.0. The van der Waals surface area contributed by atoms with Crippen LogP contribution in [0, 0.1) is 0 Å². The van der Waals surface area contributed by atoms with Crippen LogP contribution in [0.1, 0.15) is 23.7 Å². The first-order valence-corrected chi connectivity index (χ1v) is 7.77. The molecule has 5 heteroatoms. The van der Waals surface area contributed by atoms with Gasteiger partial charge in [-0.15, -0.1) is 0 Å². The molecule has 106 valence electrons. The van der Waals surface area contributed by atoms with E-state index in [-0.39, 0.29) is 5.91 Å². The Kier molecular flexibility index (Phi) is 6.02. The highest BCUT2D eigenvalue weighted by Gasteiger charge is 2.16. The summed E-state index contributed by atoms with van der Waals surface area (Å²) in [7, 11) is 3.67. The van der Waals surface area contributed by atoms with Crippen molar-refractivity contribution < 1.29 is 4.79 Å². The maximum atomic E-state index is 11.6. The van der Waals surface area contributed by atoms with E-state index in [0.29, 0.717) is 17.3 Å². The van der Waals surface area contributed by atoms with Crippen molar-refractivity contribution in [3.05, 3.63) is 23.8 Å². The van der Waals surface area contributed by atoms with Crippen molar-refractivity contribution in [1.29, 1.82) is 0 Å². The van der Waals surface area contributed by atoms with Crippen molar-refractivity contribution in [2.75, 3.05) is 36.7 Å². The van der Waals surface area contributed by atoms with Crippen molar-refractivity contribution in [3.8, 4) is 0 Å². The molecular weight excluding hydrogens is 258 g/mol. The van der Waals surface area contributed by atoms with Crippen LogP contribution in [-0.2, 0) is 0 Å². The van der Waals surface area contributed by atoms with Gasteiger partial charge in [-0.05, 0) is 30.9 Å². The van der Waals surface area contributed by atoms with Gasteiger partial charge in [0.15, 0.2) is 0 Å². The molecule has 1 rings (SSSR count). The monoisotopic (exact) mass is 281 g/mol. The minimum Gasteiger partial charge on any atom is -0.397 e. The molecular formula is C14H23N3OS. The van der Waals surface area contributed by atoms with Crippen LogP contribution >= 0.6 is 11.8 Å². The van der Waals surface area contributed by atoms with Crippen molar-refractivity contribution in [2.45, 2.75) is 19.4 Å². The molecule has 0 bridgehead atoms. The molecule has 0 aliphatic heterocycles. The number of benzene rings is 1. The van der Waals surface area contributed by atoms with Crippen LogP contribution in [-0.4, -0.2) is 38.1 Å². The molecule has 19 heavy (non-hydrogen) atoms. The number of hydrogen-bond donors (Lipinski definition) is 2. The zero-order valence-electron chi connectivity index (χ0n) is 12.1. The van der Waals surface area contributed by atoms with E-state index in [2.05, 4.69) is 30.4 Å². The van der Waals surface area contributed by atoms with Crippen LogP contribution in [0.2, 0.25) is 0 Å². The van der Waals surface area contributed by atoms with Crippen LogP contribution in [0.15, 0.2) is 18.2 Å². The average molecular weight is 281 g/mol. The maximum Gasteiger partial charge on any atom is 0.251 e. The van der Waals surface area contributed by atoms with Crippen molar-refractivity contribution in [1.82, 2.24) is 5.32 Å². The number of anilines is 2. The maximum absolute atomic E-state index is 11.6. The number of thioether (sulfide) groups is 1. The van der Waals surface area contributed by atoms with Gasteiger partial charge in [-0.1, -0.05) is 6.92 Å². The fourth-order valence-electron chi connectivity index (χ4n) is 2.05. The van der Waals surface area contributed by atoms with Crippen molar-refractivity contribution >= 4 is 29.0 Å². The lowest BCUT2D eigenvalue weighted by Gasteiger charge is -2.30. The summed E-state index contributed by atoms with van der Waals surface area (Å²) in [5, 5.41) is 2.60. The Balaban J connectivity index is 2.98. The quantitative estimate of drug-likeness (QED) is 0.785. The van der Waals surface area contributed by atoms with E-state index in [1.807, 2.05) is 23.9 Å². The van der Waals surface area contributed by atoms with Gasteiger partial charge in [-0.3, -0.25) is 4.79 Å². The number of carbonyl (C=O) groups excluding carboxylic acids is 1. The number of nitrogen functional groups attached to an aromatic ring is 1. The van der Waals surface area contributed by atoms with Crippen LogP contribution in [0.3, 0.4) is 0 Å². The first-order chi connectivity index (χ1) is 9.04. The molecule has 0 aromatic heterocycles. The molecule has 0 radical (unpaired) electrons. The van der Waals surface area contributed by atoms with E-state index >= 15 is 0 Å². The lowest BCUT2D eigenvalue weighted by atomic mass is 10.1. The second-order valence-corrected chi connectivity index (χ2v) is 5.39. The standard InChI is InChI=1S/C14H23N3OS/c1-5-11(9-19-4)17(3)13-7-6-10(8-12(13)15)14(18)16-2/h6-8,11H,5,9,15H2,1-4H3,(H,16,18). The second kappa shape index (κ2) is 7.28. The van der Waals surface area contributed by atoms with Crippen LogP contribution in [0.5, 0.6) is 0 Å². The van der Waals surface area contributed by atoms with Gasteiger partial charge in [0.1, 0.15) is 0 Å². The highest BCUT2D eigenvalue weighted by atomic mass is 32.2. The third-order valence-electron chi connectivity index (χ3n) is 3.27. The summed E-state index contributed by atoms with van der Waals surface area (Å²) < 4.78 is 0. The summed E-state index contributed by atoms with van der Waals surface area (Å²) in [5.41, 5.74) is 8.29. The molecule has 1 atom stereocenters. The van der Waals surface area contributed by atoms with E-state index < -0.39 is 0 Å². The Morgan fingerprint density at radius 2 is 2.21 bits per heavy atom. The van der Waals surface area contributed by atoms with Crippen LogP contribution in [0.25, 0.3) is 0 Å². The average Bonchev–Trinajstić information content (AvgIpc) is 2.43. The fourth-order valence-corrected chi connectivity index (χ4v) is 2.90. The minimum absolute atomic E-state index is 0.114. The lowest BCUT2D eigenvalue weighted by molar-refractivity contribution is 0.0963. The first kappa shape index (κ1) is 15.7. The number of carbonyl (C=O) groups is 1. The van der Waals surface area contributed by atoms with Gasteiger partial charge in [-0.25, -0.2) is 0 Å². The van der Waals surface area contributed by atoms with E-state index in [1.165, 1.54) is 0 Å². The molecule has 1 unspecified atom stereocenters. The number of amides is 1. The smallest absolute Gasteiger partial charge is 0.251 e. The lowest BCUT2D eigenvalue weighted by Crippen LogP contribution is -2.33. The zero-order chi connectivity index (χ0) is 14.4. The Labute approximate surface area is 119 Å². The summed E-state index contributed by atoms with van der Waals surface area (Å²) in [5.74, 6) is 0.945. The molecule has 1 amide bonds. The van der Waals surface area contributed by atoms with Crippen molar-refractivity contribution in [2.24, 2.45) is 0 Å². The molecule has 0 heterocycles. The highest BCUT2D eigenvalue weighted by molar-refractivity contribution is 7.98.